The molecule has 2 N–H and O–H groups in total. The molecule has 1 heterocycles. The van der Waals surface area contributed by atoms with Gasteiger partial charge in [-0.3, -0.25) is 0 Å². The number of amides is 1. The zero-order valence-electron chi connectivity index (χ0n) is 12.3. The third kappa shape index (κ3) is 4.82. The van der Waals surface area contributed by atoms with E-state index in [1.165, 1.54) is 0 Å². The summed E-state index contributed by atoms with van der Waals surface area (Å²) in [5.74, 6) is 0. The van der Waals surface area contributed by atoms with Crippen molar-refractivity contribution in [3.63, 3.8) is 0 Å². The van der Waals surface area contributed by atoms with E-state index in [0.717, 1.165) is 19.5 Å². The van der Waals surface area contributed by atoms with Gasteiger partial charge in [0, 0.05) is 31.7 Å². The Morgan fingerprint density at radius 1 is 1.44 bits per heavy atom. The van der Waals surface area contributed by atoms with Gasteiger partial charge in [0.25, 0.3) is 0 Å². The average Bonchev–Trinajstić information content (AvgIpc) is 2.13. The summed E-state index contributed by atoms with van der Waals surface area (Å²) >= 11 is 0. The van der Waals surface area contributed by atoms with Crippen LogP contribution < -0.4 is 5.73 Å². The van der Waals surface area contributed by atoms with Crippen molar-refractivity contribution in [2.45, 2.75) is 51.8 Å². The highest BCUT2D eigenvalue weighted by Crippen LogP contribution is 2.17. The Bertz CT molecular complexity index is 284. The van der Waals surface area contributed by atoms with Crippen molar-refractivity contribution in [1.29, 1.82) is 0 Å². The minimum absolute atomic E-state index is 0.0893. The van der Waals surface area contributed by atoms with Gasteiger partial charge in [0.1, 0.15) is 5.60 Å². The highest BCUT2D eigenvalue weighted by Gasteiger charge is 2.32. The maximum atomic E-state index is 12.2. The van der Waals surface area contributed by atoms with Crippen molar-refractivity contribution >= 4 is 6.09 Å². The minimum atomic E-state index is -0.445. The molecule has 2 unspecified atom stereocenters. The maximum absolute atomic E-state index is 12.2. The van der Waals surface area contributed by atoms with Gasteiger partial charge >= 0.3 is 6.09 Å². The van der Waals surface area contributed by atoms with Crippen LogP contribution in [0.15, 0.2) is 0 Å². The quantitative estimate of drug-likeness (QED) is 0.809. The van der Waals surface area contributed by atoms with E-state index in [9.17, 15) is 4.79 Å². The van der Waals surface area contributed by atoms with Crippen molar-refractivity contribution in [2.24, 2.45) is 5.73 Å². The molecule has 1 saturated heterocycles. The lowest BCUT2D eigenvalue weighted by Crippen LogP contribution is -2.56. The Morgan fingerprint density at radius 3 is 2.56 bits per heavy atom. The van der Waals surface area contributed by atoms with Crippen LogP contribution in [0, 0.1) is 0 Å². The molecule has 0 radical (unpaired) electrons. The molecule has 18 heavy (non-hydrogen) atoms. The van der Waals surface area contributed by atoms with Crippen molar-refractivity contribution in [3.05, 3.63) is 0 Å². The number of nitrogens with two attached hydrogens (primary N) is 1. The molecule has 5 nitrogen and oxygen atoms in total. The first-order valence-corrected chi connectivity index (χ1v) is 6.63. The fourth-order valence-corrected chi connectivity index (χ4v) is 2.20. The fraction of sp³-hybridized carbons (Fsp3) is 0.923. The van der Waals surface area contributed by atoms with Crippen LogP contribution in [0.3, 0.4) is 0 Å². The number of carbonyl (C=O) groups is 1. The first-order valence-electron chi connectivity index (χ1n) is 6.63. The molecule has 0 aromatic carbocycles. The van der Waals surface area contributed by atoms with Crippen molar-refractivity contribution in [1.82, 2.24) is 9.80 Å². The van der Waals surface area contributed by atoms with Gasteiger partial charge in [-0.1, -0.05) is 0 Å². The van der Waals surface area contributed by atoms with Gasteiger partial charge in [0.2, 0.25) is 0 Å². The van der Waals surface area contributed by atoms with Crippen LogP contribution in [0.2, 0.25) is 0 Å². The van der Waals surface area contributed by atoms with Gasteiger partial charge < -0.3 is 20.3 Å². The summed E-state index contributed by atoms with van der Waals surface area (Å²) in [4.78, 5) is 16.2. The Kier molecular flexibility index (Phi) is 4.99. The number of rotatable bonds is 2. The Hall–Kier alpha value is -0.810. The lowest BCUT2D eigenvalue weighted by atomic mass is 10.1. The van der Waals surface area contributed by atoms with E-state index >= 15 is 0 Å². The van der Waals surface area contributed by atoms with Crippen LogP contribution in [0.25, 0.3) is 0 Å². The molecular weight excluding hydrogens is 230 g/mol. The summed E-state index contributed by atoms with van der Waals surface area (Å²) < 4.78 is 5.45. The summed E-state index contributed by atoms with van der Waals surface area (Å²) in [5, 5.41) is 0. The van der Waals surface area contributed by atoms with Crippen molar-refractivity contribution in [3.8, 4) is 0 Å². The monoisotopic (exact) mass is 257 g/mol. The molecule has 0 aromatic rings. The van der Waals surface area contributed by atoms with Crippen LogP contribution in [-0.4, -0.2) is 60.3 Å². The number of hydrogen-bond acceptors (Lipinski definition) is 4. The van der Waals surface area contributed by atoms with Crippen LogP contribution >= 0.6 is 0 Å². The minimum Gasteiger partial charge on any atom is -0.444 e. The predicted octanol–water partition coefficient (Wildman–Crippen LogP) is 1.27. The van der Waals surface area contributed by atoms with Crippen molar-refractivity contribution in [2.75, 3.05) is 26.7 Å². The lowest BCUT2D eigenvalue weighted by Gasteiger charge is -2.41. The number of carbonyl (C=O) groups excluding carboxylic acids is 1. The Labute approximate surface area is 110 Å². The van der Waals surface area contributed by atoms with Crippen LogP contribution in [0.5, 0.6) is 0 Å². The number of nitrogens with zero attached hydrogens (tertiary/aromatic N) is 2. The molecule has 0 bridgehead atoms. The second-order valence-corrected chi connectivity index (χ2v) is 6.30. The molecule has 5 heteroatoms. The molecule has 2 atom stereocenters. The molecule has 106 valence electrons. The van der Waals surface area contributed by atoms with Gasteiger partial charge in [0.15, 0.2) is 0 Å². The number of likely N-dealkylation sites (N-methyl/N-ethyl adjacent to an activating group) is 1. The molecule has 1 aliphatic rings. The molecule has 1 amide bonds. The van der Waals surface area contributed by atoms with Gasteiger partial charge in [-0.2, -0.15) is 0 Å². The van der Waals surface area contributed by atoms with E-state index in [0.29, 0.717) is 6.54 Å². The average molecular weight is 257 g/mol. The first kappa shape index (κ1) is 15.2. The molecule has 0 aromatic heterocycles. The van der Waals surface area contributed by atoms with Gasteiger partial charge in [-0.25, -0.2) is 4.79 Å². The van der Waals surface area contributed by atoms with E-state index in [-0.39, 0.29) is 18.2 Å². The predicted molar refractivity (Wildman–Crippen MR) is 72.5 cm³/mol. The smallest absolute Gasteiger partial charge is 0.410 e. The fourth-order valence-electron chi connectivity index (χ4n) is 2.20. The van der Waals surface area contributed by atoms with Gasteiger partial charge in [-0.15, -0.1) is 0 Å². The number of piperazine rings is 1. The van der Waals surface area contributed by atoms with E-state index in [4.69, 9.17) is 10.5 Å². The number of ether oxygens (including phenoxy) is 1. The summed E-state index contributed by atoms with van der Waals surface area (Å²) in [5.41, 5.74) is 5.42. The molecule has 0 aliphatic carbocycles. The van der Waals surface area contributed by atoms with E-state index in [2.05, 4.69) is 11.9 Å². The van der Waals surface area contributed by atoms with E-state index < -0.39 is 5.60 Å². The zero-order valence-corrected chi connectivity index (χ0v) is 12.3. The molecule has 1 aliphatic heterocycles. The largest absolute Gasteiger partial charge is 0.444 e. The standard InChI is InChI=1S/C13H27N3O2/c1-10(14)8-11-9-15(5)6-7-16(11)12(17)18-13(2,3)4/h10-11H,6-9,14H2,1-5H3. The first-order chi connectivity index (χ1) is 8.19. The van der Waals surface area contributed by atoms with Crippen molar-refractivity contribution < 1.29 is 9.53 Å². The molecular formula is C13H27N3O2. The van der Waals surface area contributed by atoms with Crippen LogP contribution in [0.1, 0.15) is 34.1 Å². The number of hydrogen-bond donors (Lipinski definition) is 1. The third-order valence-corrected chi connectivity index (χ3v) is 2.96. The van der Waals surface area contributed by atoms with Crippen LogP contribution in [-0.2, 0) is 4.74 Å². The summed E-state index contributed by atoms with van der Waals surface area (Å²) in [6.45, 7) is 10.1. The molecule has 0 spiro atoms. The molecule has 1 fully saturated rings. The van der Waals surface area contributed by atoms with Gasteiger partial charge in [-0.05, 0) is 41.2 Å². The van der Waals surface area contributed by atoms with Crippen LogP contribution in [0.4, 0.5) is 4.79 Å². The Balaban J connectivity index is 2.67. The zero-order chi connectivity index (χ0) is 13.9. The summed E-state index contributed by atoms with van der Waals surface area (Å²) in [6, 6.07) is 0.241. The lowest BCUT2D eigenvalue weighted by molar-refractivity contribution is -0.000350. The Morgan fingerprint density at radius 2 is 2.06 bits per heavy atom. The second-order valence-electron chi connectivity index (χ2n) is 6.30. The molecule has 1 rings (SSSR count). The highest BCUT2D eigenvalue weighted by molar-refractivity contribution is 5.68. The maximum Gasteiger partial charge on any atom is 0.410 e. The summed E-state index contributed by atoms with van der Waals surface area (Å²) in [7, 11) is 2.07. The third-order valence-electron chi connectivity index (χ3n) is 2.96. The second kappa shape index (κ2) is 5.89. The summed E-state index contributed by atoms with van der Waals surface area (Å²) in [6.07, 6.45) is 0.588. The molecule has 0 saturated carbocycles. The normalized spacial score (nSPS) is 23.9. The topological polar surface area (TPSA) is 58.8 Å². The van der Waals surface area contributed by atoms with Gasteiger partial charge in [0.05, 0.1) is 0 Å². The van der Waals surface area contributed by atoms with E-state index in [1.54, 1.807) is 0 Å². The highest BCUT2D eigenvalue weighted by atomic mass is 16.6. The SMILES string of the molecule is CC(N)CC1CN(C)CCN1C(=O)OC(C)(C)C. The van der Waals surface area contributed by atoms with E-state index in [1.807, 2.05) is 32.6 Å².